The number of hydrogen-bond donors (Lipinski definition) is 1. The zero-order valence-corrected chi connectivity index (χ0v) is 9.19. The third kappa shape index (κ3) is 1.38. The van der Waals surface area contributed by atoms with Crippen LogP contribution < -0.4 is 5.32 Å². The molecule has 0 spiro atoms. The molecule has 0 saturated heterocycles. The van der Waals surface area contributed by atoms with E-state index in [-0.39, 0.29) is 0 Å². The van der Waals surface area contributed by atoms with E-state index < -0.39 is 13.9 Å². The first-order chi connectivity index (χ1) is 6.42. The van der Waals surface area contributed by atoms with Gasteiger partial charge in [-0.15, -0.1) is 0 Å². The highest BCUT2D eigenvalue weighted by Crippen LogP contribution is 2.36. The lowest BCUT2D eigenvalue weighted by atomic mass is 10.1. The fourth-order valence-electron chi connectivity index (χ4n) is 1.64. The van der Waals surface area contributed by atoms with Crippen molar-refractivity contribution in [2.45, 2.75) is 18.2 Å². The number of hydrogen-bond acceptors (Lipinski definition) is 3. The Kier molecular flexibility index (Phi) is 2.01. The SMILES string of the molecule is CC1(S(=O)(=O)Cl)Cc2ccccc2N1. The Hall–Kier alpha value is -0.740. The molecule has 0 bridgehead atoms. The molecule has 0 saturated carbocycles. The van der Waals surface area contributed by atoms with Gasteiger partial charge in [0, 0.05) is 22.8 Å². The highest BCUT2D eigenvalue weighted by molar-refractivity contribution is 8.14. The van der Waals surface area contributed by atoms with Crippen LogP contribution in [0.15, 0.2) is 24.3 Å². The minimum atomic E-state index is -3.61. The lowest BCUT2D eigenvalue weighted by Crippen LogP contribution is -2.38. The summed E-state index contributed by atoms with van der Waals surface area (Å²) in [6, 6.07) is 7.49. The van der Waals surface area contributed by atoms with Crippen LogP contribution in [0.25, 0.3) is 0 Å². The summed E-state index contributed by atoms with van der Waals surface area (Å²) in [5, 5.41) is 2.93. The molecule has 1 aliphatic rings. The lowest BCUT2D eigenvalue weighted by Gasteiger charge is -2.20. The van der Waals surface area contributed by atoms with Crippen LogP contribution in [0.4, 0.5) is 5.69 Å². The van der Waals surface area contributed by atoms with Gasteiger partial charge in [-0.3, -0.25) is 0 Å². The van der Waals surface area contributed by atoms with Gasteiger partial charge >= 0.3 is 0 Å². The molecule has 0 aromatic heterocycles. The Morgan fingerprint density at radius 1 is 1.43 bits per heavy atom. The predicted molar refractivity (Wildman–Crippen MR) is 56.9 cm³/mol. The smallest absolute Gasteiger partial charge is 0.256 e. The first-order valence-electron chi connectivity index (χ1n) is 4.23. The minimum Gasteiger partial charge on any atom is -0.365 e. The van der Waals surface area contributed by atoms with E-state index in [1.54, 1.807) is 6.92 Å². The van der Waals surface area contributed by atoms with E-state index in [9.17, 15) is 8.42 Å². The Morgan fingerprint density at radius 3 is 2.64 bits per heavy atom. The molecule has 1 aromatic carbocycles. The molecular weight excluding hydrogens is 222 g/mol. The van der Waals surface area contributed by atoms with Crippen LogP contribution in [-0.4, -0.2) is 13.3 Å². The van der Waals surface area contributed by atoms with E-state index in [2.05, 4.69) is 5.32 Å². The Labute approximate surface area is 87.5 Å². The van der Waals surface area contributed by atoms with Gasteiger partial charge in [0.1, 0.15) is 0 Å². The zero-order chi connectivity index (χ0) is 10.4. The molecule has 0 amide bonds. The quantitative estimate of drug-likeness (QED) is 0.752. The Morgan fingerprint density at radius 2 is 2.07 bits per heavy atom. The molecule has 0 radical (unpaired) electrons. The standard InChI is InChI=1S/C9H10ClNO2S/c1-9(14(10,12)13)6-7-4-2-3-5-8(7)11-9/h2-5,11H,6H2,1H3. The van der Waals surface area contributed by atoms with Crippen LogP contribution in [0, 0.1) is 0 Å². The van der Waals surface area contributed by atoms with E-state index in [0.717, 1.165) is 11.3 Å². The molecule has 1 aromatic rings. The molecular formula is C9H10ClNO2S. The molecule has 1 atom stereocenters. The average molecular weight is 232 g/mol. The number of rotatable bonds is 1. The topological polar surface area (TPSA) is 46.2 Å². The van der Waals surface area contributed by atoms with E-state index in [1.807, 2.05) is 24.3 Å². The number of anilines is 1. The fourth-order valence-corrected chi connectivity index (χ4v) is 2.48. The number of halogens is 1. The monoisotopic (exact) mass is 231 g/mol. The molecule has 14 heavy (non-hydrogen) atoms. The zero-order valence-electron chi connectivity index (χ0n) is 7.62. The Bertz CT molecular complexity index is 444. The van der Waals surface area contributed by atoms with Crippen LogP contribution in [-0.2, 0) is 15.5 Å². The van der Waals surface area contributed by atoms with Gasteiger partial charge < -0.3 is 5.32 Å². The summed E-state index contributed by atoms with van der Waals surface area (Å²) in [7, 11) is 1.77. The van der Waals surface area contributed by atoms with Gasteiger partial charge in [-0.05, 0) is 18.6 Å². The van der Waals surface area contributed by atoms with Gasteiger partial charge in [0.15, 0.2) is 4.87 Å². The first-order valence-corrected chi connectivity index (χ1v) is 6.54. The van der Waals surface area contributed by atoms with Crippen molar-refractivity contribution in [1.29, 1.82) is 0 Å². The van der Waals surface area contributed by atoms with E-state index in [4.69, 9.17) is 10.7 Å². The largest absolute Gasteiger partial charge is 0.365 e. The summed E-state index contributed by atoms with van der Waals surface area (Å²) in [6.45, 7) is 1.59. The summed E-state index contributed by atoms with van der Waals surface area (Å²) < 4.78 is 22.7. The highest BCUT2D eigenvalue weighted by atomic mass is 35.7. The summed E-state index contributed by atoms with van der Waals surface area (Å²) in [6.07, 6.45) is 0.412. The van der Waals surface area contributed by atoms with Crippen molar-refractivity contribution in [2.24, 2.45) is 0 Å². The van der Waals surface area contributed by atoms with Crippen LogP contribution >= 0.6 is 10.7 Å². The third-order valence-corrected chi connectivity index (χ3v) is 4.83. The number of nitrogens with one attached hydrogen (secondary N) is 1. The molecule has 3 nitrogen and oxygen atoms in total. The van der Waals surface area contributed by atoms with Gasteiger partial charge in [-0.2, -0.15) is 0 Å². The maximum Gasteiger partial charge on any atom is 0.256 e. The normalized spacial score (nSPS) is 25.6. The van der Waals surface area contributed by atoms with Crippen molar-refractivity contribution < 1.29 is 8.42 Å². The third-order valence-electron chi connectivity index (χ3n) is 2.48. The second-order valence-corrected chi connectivity index (χ2v) is 6.62. The summed E-state index contributed by atoms with van der Waals surface area (Å²) in [5.74, 6) is 0. The molecule has 0 fully saturated rings. The van der Waals surface area contributed by atoms with Crippen molar-refractivity contribution >= 4 is 25.4 Å². The van der Waals surface area contributed by atoms with Gasteiger partial charge in [-0.1, -0.05) is 18.2 Å². The van der Waals surface area contributed by atoms with E-state index in [1.165, 1.54) is 0 Å². The van der Waals surface area contributed by atoms with E-state index >= 15 is 0 Å². The summed E-state index contributed by atoms with van der Waals surface area (Å²) >= 11 is 0. The number of benzene rings is 1. The lowest BCUT2D eigenvalue weighted by molar-refractivity contribution is 0.572. The molecule has 0 aliphatic carbocycles. The predicted octanol–water partition coefficient (Wildman–Crippen LogP) is 1.94. The molecule has 2 rings (SSSR count). The van der Waals surface area contributed by atoms with Crippen LogP contribution in [0.3, 0.4) is 0 Å². The maximum atomic E-state index is 11.3. The average Bonchev–Trinajstić information content (AvgIpc) is 2.40. The molecule has 1 unspecified atom stereocenters. The van der Waals surface area contributed by atoms with Crippen LogP contribution in [0.2, 0.25) is 0 Å². The van der Waals surface area contributed by atoms with Gasteiger partial charge in [0.05, 0.1) is 0 Å². The second kappa shape index (κ2) is 2.87. The van der Waals surface area contributed by atoms with Gasteiger partial charge in [0.25, 0.3) is 9.05 Å². The van der Waals surface area contributed by atoms with Crippen molar-refractivity contribution in [3.63, 3.8) is 0 Å². The summed E-state index contributed by atoms with van der Waals surface area (Å²) in [5.41, 5.74) is 1.83. The number of fused-ring (bicyclic) bond motifs is 1. The van der Waals surface area contributed by atoms with Gasteiger partial charge in [-0.25, -0.2) is 8.42 Å². The van der Waals surface area contributed by atoms with Crippen LogP contribution in [0.1, 0.15) is 12.5 Å². The number of para-hydroxylation sites is 1. The van der Waals surface area contributed by atoms with Crippen molar-refractivity contribution in [1.82, 2.24) is 0 Å². The first kappa shape index (κ1) is 9.80. The van der Waals surface area contributed by atoms with Crippen molar-refractivity contribution in [3.05, 3.63) is 29.8 Å². The van der Waals surface area contributed by atoms with Gasteiger partial charge in [0.2, 0.25) is 0 Å². The minimum absolute atomic E-state index is 0.412. The van der Waals surface area contributed by atoms with E-state index in [0.29, 0.717) is 6.42 Å². The molecule has 76 valence electrons. The maximum absolute atomic E-state index is 11.3. The summed E-state index contributed by atoms with van der Waals surface area (Å²) in [4.78, 5) is -1.07. The molecule has 1 N–H and O–H groups in total. The van der Waals surface area contributed by atoms with Crippen molar-refractivity contribution in [3.8, 4) is 0 Å². The molecule has 1 aliphatic heterocycles. The second-order valence-electron chi connectivity index (χ2n) is 3.63. The molecule has 5 heteroatoms. The molecule has 1 heterocycles. The fraction of sp³-hybridized carbons (Fsp3) is 0.333. The van der Waals surface area contributed by atoms with Crippen LogP contribution in [0.5, 0.6) is 0 Å². The Balaban J connectivity index is 2.45. The van der Waals surface area contributed by atoms with Crippen molar-refractivity contribution in [2.75, 3.05) is 5.32 Å². The highest BCUT2D eigenvalue weighted by Gasteiger charge is 2.42.